The molecule has 1 aliphatic rings. The first-order valence-electron chi connectivity index (χ1n) is 10.7. The van der Waals surface area contributed by atoms with Gasteiger partial charge in [-0.1, -0.05) is 42.5 Å². The molecule has 0 saturated carbocycles. The monoisotopic (exact) mass is 430 g/mol. The number of amides is 2. The molecule has 0 spiro atoms. The van der Waals surface area contributed by atoms with E-state index in [-0.39, 0.29) is 30.7 Å². The van der Waals surface area contributed by atoms with Gasteiger partial charge in [-0.2, -0.15) is 0 Å². The van der Waals surface area contributed by atoms with Crippen molar-refractivity contribution in [1.29, 1.82) is 0 Å². The summed E-state index contributed by atoms with van der Waals surface area (Å²) in [6.07, 6.45) is 4.59. The van der Waals surface area contributed by atoms with Gasteiger partial charge in [-0.15, -0.1) is 0 Å². The van der Waals surface area contributed by atoms with Gasteiger partial charge >= 0.3 is 6.09 Å². The van der Waals surface area contributed by atoms with E-state index < -0.39 is 0 Å². The highest BCUT2D eigenvalue weighted by atomic mass is 16.6. The summed E-state index contributed by atoms with van der Waals surface area (Å²) in [6, 6.07) is 19.7. The van der Waals surface area contributed by atoms with Crippen molar-refractivity contribution in [2.75, 3.05) is 11.9 Å². The number of anilines is 1. The molecular formula is C25H26N4O3. The molecule has 1 saturated heterocycles. The summed E-state index contributed by atoms with van der Waals surface area (Å²) < 4.78 is 5.51. The zero-order valence-electron chi connectivity index (χ0n) is 17.7. The molecule has 2 unspecified atom stereocenters. The van der Waals surface area contributed by atoms with Gasteiger partial charge in [0.25, 0.3) is 5.91 Å². The van der Waals surface area contributed by atoms with E-state index in [9.17, 15) is 9.59 Å². The smallest absolute Gasteiger partial charge is 0.410 e. The van der Waals surface area contributed by atoms with E-state index in [1.165, 1.54) is 0 Å². The molecule has 7 heteroatoms. The van der Waals surface area contributed by atoms with E-state index >= 15 is 0 Å². The summed E-state index contributed by atoms with van der Waals surface area (Å²) in [5, 5.41) is 2.83. The lowest BCUT2D eigenvalue weighted by atomic mass is 9.97. The maximum atomic E-state index is 12.7. The van der Waals surface area contributed by atoms with E-state index in [0.29, 0.717) is 17.8 Å². The van der Waals surface area contributed by atoms with Gasteiger partial charge in [-0.05, 0) is 48.2 Å². The molecule has 2 heterocycles. The maximum Gasteiger partial charge on any atom is 0.410 e. The Hall–Kier alpha value is -3.71. The number of likely N-dealkylation sites (tertiary alicyclic amines) is 1. The van der Waals surface area contributed by atoms with Crippen LogP contribution in [-0.4, -0.2) is 34.5 Å². The van der Waals surface area contributed by atoms with Crippen molar-refractivity contribution in [3.63, 3.8) is 0 Å². The molecule has 0 radical (unpaired) electrons. The van der Waals surface area contributed by atoms with E-state index in [2.05, 4.69) is 10.3 Å². The fourth-order valence-corrected chi connectivity index (χ4v) is 3.91. The van der Waals surface area contributed by atoms with E-state index in [0.717, 1.165) is 24.0 Å². The van der Waals surface area contributed by atoms with Gasteiger partial charge < -0.3 is 20.7 Å². The quantitative estimate of drug-likeness (QED) is 0.613. The molecule has 2 atom stereocenters. The Kier molecular flexibility index (Phi) is 6.77. The molecule has 1 aliphatic heterocycles. The van der Waals surface area contributed by atoms with Gasteiger partial charge in [-0.25, -0.2) is 4.79 Å². The number of pyridine rings is 1. The molecule has 7 nitrogen and oxygen atoms in total. The summed E-state index contributed by atoms with van der Waals surface area (Å²) in [6.45, 7) is 0.859. The van der Waals surface area contributed by atoms with Crippen molar-refractivity contribution < 1.29 is 14.3 Å². The van der Waals surface area contributed by atoms with Crippen molar-refractivity contribution in [1.82, 2.24) is 9.88 Å². The molecule has 164 valence electrons. The van der Waals surface area contributed by atoms with Gasteiger partial charge in [0.2, 0.25) is 0 Å². The zero-order chi connectivity index (χ0) is 22.3. The molecule has 32 heavy (non-hydrogen) atoms. The predicted octanol–water partition coefficient (Wildman–Crippen LogP) is 4.13. The van der Waals surface area contributed by atoms with Crippen LogP contribution in [0.15, 0.2) is 79.1 Å². The molecule has 0 aliphatic carbocycles. The first kappa shape index (κ1) is 21.5. The maximum absolute atomic E-state index is 12.7. The fourth-order valence-electron chi connectivity index (χ4n) is 3.91. The summed E-state index contributed by atoms with van der Waals surface area (Å²) in [4.78, 5) is 30.8. The molecular weight excluding hydrogens is 404 g/mol. The lowest BCUT2D eigenvalue weighted by molar-refractivity contribution is 0.0880. The summed E-state index contributed by atoms with van der Waals surface area (Å²) in [7, 11) is 0. The third kappa shape index (κ3) is 5.12. The fraction of sp³-hybridized carbons (Fsp3) is 0.240. The Balaban J connectivity index is 1.37. The third-order valence-corrected chi connectivity index (χ3v) is 5.65. The second-order valence-corrected chi connectivity index (χ2v) is 7.78. The topological polar surface area (TPSA) is 97.5 Å². The van der Waals surface area contributed by atoms with E-state index in [4.69, 9.17) is 10.5 Å². The van der Waals surface area contributed by atoms with Crippen LogP contribution in [0, 0.1) is 0 Å². The SMILES string of the molecule is NC(c1ccc(C(=O)Nc2ccncc2)cc1)C1CCCN1C(=O)OCc1ccccc1. The minimum absolute atomic E-state index is 0.144. The molecule has 1 aromatic heterocycles. The van der Waals surface area contributed by atoms with Gasteiger partial charge in [-0.3, -0.25) is 9.78 Å². The lowest BCUT2D eigenvalue weighted by Crippen LogP contribution is -2.42. The number of hydrogen-bond donors (Lipinski definition) is 2. The van der Waals surface area contributed by atoms with Gasteiger partial charge in [0.05, 0.1) is 12.1 Å². The number of carbonyl (C=O) groups excluding carboxylic acids is 2. The number of carbonyl (C=O) groups is 2. The Morgan fingerprint density at radius 2 is 1.78 bits per heavy atom. The second-order valence-electron chi connectivity index (χ2n) is 7.78. The number of nitrogens with two attached hydrogens (primary N) is 1. The van der Waals surface area contributed by atoms with E-state index in [1.54, 1.807) is 41.6 Å². The number of benzene rings is 2. The Morgan fingerprint density at radius 1 is 1.06 bits per heavy atom. The molecule has 4 rings (SSSR count). The van der Waals surface area contributed by atoms with Gasteiger partial charge in [0.1, 0.15) is 6.61 Å². The highest BCUT2D eigenvalue weighted by Crippen LogP contribution is 2.29. The Labute approximate surface area is 187 Å². The van der Waals surface area contributed by atoms with Crippen molar-refractivity contribution in [3.05, 3.63) is 95.8 Å². The molecule has 1 fully saturated rings. The Morgan fingerprint density at radius 3 is 2.50 bits per heavy atom. The predicted molar refractivity (Wildman–Crippen MR) is 122 cm³/mol. The average molecular weight is 431 g/mol. The number of nitrogens with one attached hydrogen (secondary N) is 1. The zero-order valence-corrected chi connectivity index (χ0v) is 17.7. The number of aromatic nitrogens is 1. The van der Waals surface area contributed by atoms with Crippen LogP contribution in [0.1, 0.15) is 40.4 Å². The van der Waals surface area contributed by atoms with Crippen molar-refractivity contribution in [3.8, 4) is 0 Å². The van der Waals surface area contributed by atoms with Crippen LogP contribution >= 0.6 is 0 Å². The summed E-state index contributed by atoms with van der Waals surface area (Å²) in [5.74, 6) is -0.205. The average Bonchev–Trinajstić information content (AvgIpc) is 3.33. The lowest BCUT2D eigenvalue weighted by Gasteiger charge is -2.29. The Bertz CT molecular complexity index is 1040. The number of hydrogen-bond acceptors (Lipinski definition) is 5. The number of rotatable bonds is 6. The first-order valence-corrected chi connectivity index (χ1v) is 10.7. The van der Waals surface area contributed by atoms with Crippen molar-refractivity contribution >= 4 is 17.7 Å². The van der Waals surface area contributed by atoms with Crippen molar-refractivity contribution in [2.45, 2.75) is 31.5 Å². The van der Waals surface area contributed by atoms with Crippen LogP contribution in [0.5, 0.6) is 0 Å². The molecule has 3 aromatic rings. The standard InChI is InChI=1S/C25H26N4O3/c26-23(19-8-10-20(11-9-19)24(30)28-21-12-14-27-15-13-21)22-7-4-16-29(22)25(31)32-17-18-5-2-1-3-6-18/h1-3,5-6,8-15,22-23H,4,7,16-17,26H2,(H,27,28,30). The molecule has 2 aromatic carbocycles. The van der Waals surface area contributed by atoms with Gasteiger partial charge in [0, 0.05) is 30.2 Å². The van der Waals surface area contributed by atoms with Crippen LogP contribution in [0.3, 0.4) is 0 Å². The molecule has 2 amide bonds. The van der Waals surface area contributed by atoms with Crippen molar-refractivity contribution in [2.24, 2.45) is 5.73 Å². The molecule has 3 N–H and O–H groups in total. The molecule has 0 bridgehead atoms. The number of ether oxygens (including phenoxy) is 1. The van der Waals surface area contributed by atoms with Crippen LogP contribution in [-0.2, 0) is 11.3 Å². The largest absolute Gasteiger partial charge is 0.445 e. The van der Waals surface area contributed by atoms with E-state index in [1.807, 2.05) is 42.5 Å². The van der Waals surface area contributed by atoms with Gasteiger partial charge in [0.15, 0.2) is 0 Å². The highest BCUT2D eigenvalue weighted by molar-refractivity contribution is 6.04. The third-order valence-electron chi connectivity index (χ3n) is 5.65. The highest BCUT2D eigenvalue weighted by Gasteiger charge is 2.34. The van der Waals surface area contributed by atoms with Crippen LogP contribution < -0.4 is 11.1 Å². The minimum Gasteiger partial charge on any atom is -0.445 e. The minimum atomic E-state index is -0.362. The van der Waals surface area contributed by atoms with Crippen LogP contribution in [0.2, 0.25) is 0 Å². The second kappa shape index (κ2) is 10.1. The normalized spacial score (nSPS) is 16.4. The first-order chi connectivity index (χ1) is 15.6. The van der Waals surface area contributed by atoms with Crippen LogP contribution in [0.4, 0.5) is 10.5 Å². The number of nitrogens with zero attached hydrogens (tertiary/aromatic N) is 2. The summed E-state index contributed by atoms with van der Waals surface area (Å²) >= 11 is 0. The van der Waals surface area contributed by atoms with Crippen LogP contribution in [0.25, 0.3) is 0 Å². The summed E-state index contributed by atoms with van der Waals surface area (Å²) in [5.41, 5.74) is 9.56.